The molecule has 1 atom stereocenters. The number of anilines is 2. The predicted molar refractivity (Wildman–Crippen MR) is 171 cm³/mol. The number of thiophene rings is 1. The average Bonchev–Trinajstić information content (AvgIpc) is 3.67. The fourth-order valence-corrected chi connectivity index (χ4v) is 5.57. The van der Waals surface area contributed by atoms with Crippen LogP contribution in [0.3, 0.4) is 0 Å². The zero-order valence-corrected chi connectivity index (χ0v) is 24.7. The van der Waals surface area contributed by atoms with Crippen LogP contribution in [0.1, 0.15) is 28.6 Å². The summed E-state index contributed by atoms with van der Waals surface area (Å²) >= 11 is 2.78. The highest BCUT2D eigenvalue weighted by molar-refractivity contribution is 8.00. The van der Waals surface area contributed by atoms with Crippen molar-refractivity contribution in [3.05, 3.63) is 119 Å². The Morgan fingerprint density at radius 1 is 0.907 bits per heavy atom. The summed E-state index contributed by atoms with van der Waals surface area (Å²) in [4.78, 5) is 52.8. The van der Waals surface area contributed by atoms with E-state index in [9.17, 15) is 19.2 Å². The van der Waals surface area contributed by atoms with Gasteiger partial charge in [-0.2, -0.15) is 10.1 Å². The van der Waals surface area contributed by atoms with Gasteiger partial charge in [0, 0.05) is 21.0 Å². The molecule has 3 aromatic carbocycles. The number of para-hydroxylation sites is 1. The second-order valence-electron chi connectivity index (χ2n) is 9.39. The average molecular weight is 610 g/mol. The molecule has 0 saturated carbocycles. The lowest BCUT2D eigenvalue weighted by molar-refractivity contribution is -0.119. The molecule has 5 rings (SSSR count). The number of carbonyl (C=O) groups excluding carboxylic acids is 4. The molecule has 1 aromatic heterocycles. The summed E-state index contributed by atoms with van der Waals surface area (Å²) in [6, 6.07) is 28.5. The highest BCUT2D eigenvalue weighted by atomic mass is 32.2. The van der Waals surface area contributed by atoms with Crippen molar-refractivity contribution in [1.82, 2.24) is 10.6 Å². The van der Waals surface area contributed by atoms with Gasteiger partial charge in [0.25, 0.3) is 17.7 Å². The SMILES string of the molecule is CC(Sc1ccc(NC(=O)/C(=C/c2cccs2)NC(=O)c2ccccc2)cc1)C(=O)NC1=NN(c2ccccc2)C(=O)C1. The van der Waals surface area contributed by atoms with Gasteiger partial charge >= 0.3 is 0 Å². The topological polar surface area (TPSA) is 120 Å². The standard InChI is InChI=1S/C32H27N5O4S2/c1-21(30(39)35-28-20-29(38)37(36-28)24-11-6-3-7-12-24)43-25-16-14-23(15-17-25)33-32(41)27(19-26-13-8-18-42-26)34-31(40)22-9-4-2-5-10-22/h2-19,21H,20H2,1H3,(H,33,41)(H,34,40)(H,35,36,39)/b27-19-. The van der Waals surface area contributed by atoms with Crippen molar-refractivity contribution in [3.63, 3.8) is 0 Å². The number of amides is 4. The Hall–Kier alpha value is -5.00. The number of amidine groups is 1. The quantitative estimate of drug-likeness (QED) is 0.171. The number of carbonyl (C=O) groups is 4. The normalized spacial score (nSPS) is 13.7. The van der Waals surface area contributed by atoms with E-state index in [1.165, 1.54) is 28.1 Å². The van der Waals surface area contributed by atoms with Crippen molar-refractivity contribution in [2.45, 2.75) is 23.5 Å². The summed E-state index contributed by atoms with van der Waals surface area (Å²) in [5.74, 6) is -1.05. The third-order valence-electron chi connectivity index (χ3n) is 6.20. The van der Waals surface area contributed by atoms with Gasteiger partial charge in [-0.05, 0) is 73.0 Å². The van der Waals surface area contributed by atoms with Crippen molar-refractivity contribution in [3.8, 4) is 0 Å². The summed E-state index contributed by atoms with van der Waals surface area (Å²) in [5.41, 5.74) is 1.71. The molecule has 43 heavy (non-hydrogen) atoms. The van der Waals surface area contributed by atoms with E-state index in [-0.39, 0.29) is 23.9 Å². The maximum atomic E-state index is 13.2. The van der Waals surface area contributed by atoms with E-state index in [2.05, 4.69) is 21.1 Å². The Bertz CT molecular complexity index is 1670. The van der Waals surface area contributed by atoms with Gasteiger partial charge in [0.05, 0.1) is 17.4 Å². The second-order valence-corrected chi connectivity index (χ2v) is 11.8. The molecule has 4 aromatic rings. The third-order valence-corrected chi connectivity index (χ3v) is 8.13. The first kappa shape index (κ1) is 29.5. The highest BCUT2D eigenvalue weighted by Gasteiger charge is 2.27. The Kier molecular flexibility index (Phi) is 9.45. The van der Waals surface area contributed by atoms with Crippen LogP contribution in [0.5, 0.6) is 0 Å². The first-order chi connectivity index (χ1) is 20.9. The van der Waals surface area contributed by atoms with Crippen molar-refractivity contribution >= 4 is 70.0 Å². The summed E-state index contributed by atoms with van der Waals surface area (Å²) in [7, 11) is 0. The van der Waals surface area contributed by atoms with Crippen LogP contribution in [0.2, 0.25) is 0 Å². The molecule has 4 amide bonds. The number of rotatable bonds is 9. The third kappa shape index (κ3) is 7.85. The van der Waals surface area contributed by atoms with E-state index in [4.69, 9.17) is 0 Å². The smallest absolute Gasteiger partial charge is 0.272 e. The van der Waals surface area contributed by atoms with Gasteiger partial charge < -0.3 is 16.0 Å². The van der Waals surface area contributed by atoms with Crippen LogP contribution < -0.4 is 21.0 Å². The Balaban J connectivity index is 1.18. The minimum atomic E-state index is -0.474. The molecule has 1 aliphatic heterocycles. The van der Waals surface area contributed by atoms with Crippen molar-refractivity contribution in [1.29, 1.82) is 0 Å². The maximum absolute atomic E-state index is 13.2. The number of hydrogen-bond acceptors (Lipinski definition) is 7. The van der Waals surface area contributed by atoms with Crippen molar-refractivity contribution in [2.75, 3.05) is 10.3 Å². The first-order valence-electron chi connectivity index (χ1n) is 13.3. The summed E-state index contributed by atoms with van der Waals surface area (Å²) in [6.07, 6.45) is 1.65. The van der Waals surface area contributed by atoms with Gasteiger partial charge in [-0.3, -0.25) is 19.2 Å². The number of thioether (sulfide) groups is 1. The molecule has 0 spiro atoms. The monoisotopic (exact) mass is 609 g/mol. The van der Waals surface area contributed by atoms with Crippen LogP contribution in [0.25, 0.3) is 6.08 Å². The van der Waals surface area contributed by atoms with E-state index >= 15 is 0 Å². The lowest BCUT2D eigenvalue weighted by atomic mass is 10.2. The molecular formula is C32H27N5O4S2. The second kappa shape index (κ2) is 13.8. The molecule has 0 aliphatic carbocycles. The van der Waals surface area contributed by atoms with Crippen LogP contribution in [-0.4, -0.2) is 34.7 Å². The lowest BCUT2D eigenvalue weighted by Gasteiger charge is -2.13. The predicted octanol–water partition coefficient (Wildman–Crippen LogP) is 5.50. The molecule has 1 aliphatic rings. The fraction of sp³-hybridized carbons (Fsp3) is 0.0938. The van der Waals surface area contributed by atoms with Crippen molar-refractivity contribution < 1.29 is 19.2 Å². The van der Waals surface area contributed by atoms with Gasteiger partial charge in [-0.15, -0.1) is 23.1 Å². The van der Waals surface area contributed by atoms with Crippen LogP contribution in [0.4, 0.5) is 11.4 Å². The molecule has 0 saturated heterocycles. The molecule has 2 heterocycles. The zero-order valence-electron chi connectivity index (χ0n) is 23.0. The number of benzene rings is 3. The van der Waals surface area contributed by atoms with Crippen LogP contribution in [-0.2, 0) is 14.4 Å². The zero-order chi connectivity index (χ0) is 30.2. The van der Waals surface area contributed by atoms with Crippen molar-refractivity contribution in [2.24, 2.45) is 5.10 Å². The van der Waals surface area contributed by atoms with E-state index in [0.29, 0.717) is 22.8 Å². The Morgan fingerprint density at radius 2 is 1.60 bits per heavy atom. The van der Waals surface area contributed by atoms with E-state index in [0.717, 1.165) is 9.77 Å². The number of hydrogen-bond donors (Lipinski definition) is 3. The number of nitrogens with one attached hydrogen (secondary N) is 3. The Morgan fingerprint density at radius 3 is 2.28 bits per heavy atom. The summed E-state index contributed by atoms with van der Waals surface area (Å²) in [6.45, 7) is 1.76. The largest absolute Gasteiger partial charge is 0.321 e. The number of nitrogens with zero attached hydrogens (tertiary/aromatic N) is 2. The summed E-state index contributed by atoms with van der Waals surface area (Å²) < 4.78 is 0. The fourth-order valence-electron chi connectivity index (χ4n) is 4.04. The van der Waals surface area contributed by atoms with Crippen LogP contribution in [0.15, 0.2) is 118 Å². The van der Waals surface area contributed by atoms with Gasteiger partial charge in [-0.25, -0.2) is 0 Å². The molecule has 0 fully saturated rings. The van der Waals surface area contributed by atoms with Gasteiger partial charge in [0.15, 0.2) is 0 Å². The minimum Gasteiger partial charge on any atom is -0.321 e. The lowest BCUT2D eigenvalue weighted by Crippen LogP contribution is -2.35. The van der Waals surface area contributed by atoms with Gasteiger partial charge in [-0.1, -0.05) is 42.5 Å². The number of hydrazone groups is 1. The minimum absolute atomic E-state index is 0.0150. The summed E-state index contributed by atoms with van der Waals surface area (Å²) in [5, 5.41) is 15.3. The van der Waals surface area contributed by atoms with Crippen LogP contribution in [0, 0.1) is 0 Å². The van der Waals surface area contributed by atoms with Crippen LogP contribution >= 0.6 is 23.1 Å². The van der Waals surface area contributed by atoms with Gasteiger partial charge in [0.1, 0.15) is 11.5 Å². The first-order valence-corrected chi connectivity index (χ1v) is 15.1. The molecule has 1 unspecified atom stereocenters. The Labute approximate surface area is 256 Å². The van der Waals surface area contributed by atoms with Gasteiger partial charge in [0.2, 0.25) is 5.91 Å². The maximum Gasteiger partial charge on any atom is 0.272 e. The molecule has 9 nitrogen and oxygen atoms in total. The highest BCUT2D eigenvalue weighted by Crippen LogP contribution is 2.26. The molecule has 0 bridgehead atoms. The molecule has 11 heteroatoms. The molecule has 0 radical (unpaired) electrons. The van der Waals surface area contributed by atoms with E-state index < -0.39 is 17.1 Å². The molecule has 216 valence electrons. The van der Waals surface area contributed by atoms with E-state index in [1.54, 1.807) is 73.7 Å². The molecule has 3 N–H and O–H groups in total. The van der Waals surface area contributed by atoms with E-state index in [1.807, 2.05) is 41.8 Å². The molecular weight excluding hydrogens is 583 g/mol.